The third kappa shape index (κ3) is 5.85. The lowest BCUT2D eigenvalue weighted by molar-refractivity contribution is -0.123. The number of nitrogens with zero attached hydrogens (tertiary/aromatic N) is 4. The molecule has 1 aromatic carbocycles. The fourth-order valence-electron chi connectivity index (χ4n) is 4.47. The van der Waals surface area contributed by atoms with Gasteiger partial charge in [0.25, 0.3) is 0 Å². The molecular weight excluding hydrogens is 462 g/mol. The summed E-state index contributed by atoms with van der Waals surface area (Å²) in [5, 5.41) is 6.27. The van der Waals surface area contributed by atoms with E-state index in [1.165, 1.54) is 0 Å². The highest BCUT2D eigenvalue weighted by Gasteiger charge is 2.24. The van der Waals surface area contributed by atoms with E-state index in [2.05, 4.69) is 20.5 Å². The van der Waals surface area contributed by atoms with Crippen molar-refractivity contribution in [2.75, 3.05) is 51.8 Å². The quantitative estimate of drug-likeness (QED) is 0.549. The number of carbonyl (C=O) groups is 1. The molecular formula is C26H35N5O3S. The molecule has 1 aliphatic heterocycles. The van der Waals surface area contributed by atoms with Gasteiger partial charge in [0.05, 0.1) is 26.2 Å². The molecule has 8 nitrogen and oxygen atoms in total. The summed E-state index contributed by atoms with van der Waals surface area (Å²) >= 11 is 1.63. The number of rotatable bonds is 6. The van der Waals surface area contributed by atoms with Crippen molar-refractivity contribution in [2.45, 2.75) is 39.7 Å². The van der Waals surface area contributed by atoms with E-state index in [4.69, 9.17) is 19.4 Å². The maximum atomic E-state index is 12.5. The molecule has 1 fully saturated rings. The Bertz CT molecular complexity index is 1200. The van der Waals surface area contributed by atoms with Crippen molar-refractivity contribution < 1.29 is 14.3 Å². The van der Waals surface area contributed by atoms with E-state index in [9.17, 15) is 4.79 Å². The molecule has 4 rings (SSSR count). The Morgan fingerprint density at radius 3 is 2.57 bits per heavy atom. The van der Waals surface area contributed by atoms with Crippen LogP contribution < -0.4 is 19.7 Å². The number of hydrogen-bond donors (Lipinski definition) is 1. The van der Waals surface area contributed by atoms with Gasteiger partial charge in [0.2, 0.25) is 5.91 Å². The molecule has 0 aliphatic carbocycles. The molecule has 0 unspecified atom stereocenters. The summed E-state index contributed by atoms with van der Waals surface area (Å²) in [5.41, 5.74) is 1.91. The van der Waals surface area contributed by atoms with Crippen molar-refractivity contribution in [2.24, 2.45) is 0 Å². The summed E-state index contributed by atoms with van der Waals surface area (Å²) in [6, 6.07) is 5.98. The van der Waals surface area contributed by atoms with Crippen molar-refractivity contribution in [3.63, 3.8) is 0 Å². The summed E-state index contributed by atoms with van der Waals surface area (Å²) in [6.07, 6.45) is 0.961. The van der Waals surface area contributed by atoms with E-state index >= 15 is 0 Å². The molecule has 9 heteroatoms. The predicted molar refractivity (Wildman–Crippen MR) is 142 cm³/mol. The second kappa shape index (κ2) is 10.4. The molecule has 3 aromatic rings. The van der Waals surface area contributed by atoms with Gasteiger partial charge in [0.15, 0.2) is 11.5 Å². The largest absolute Gasteiger partial charge is 0.493 e. The minimum absolute atomic E-state index is 0.0693. The van der Waals surface area contributed by atoms with E-state index in [-0.39, 0.29) is 11.4 Å². The topological polar surface area (TPSA) is 79.8 Å². The first-order valence-electron chi connectivity index (χ1n) is 11.9. The number of ether oxygens (including phenoxy) is 2. The van der Waals surface area contributed by atoms with E-state index in [1.54, 1.807) is 25.6 Å². The van der Waals surface area contributed by atoms with Gasteiger partial charge in [0, 0.05) is 42.7 Å². The summed E-state index contributed by atoms with van der Waals surface area (Å²) in [5.74, 6) is 3.18. The maximum Gasteiger partial charge on any atom is 0.234 e. The van der Waals surface area contributed by atoms with Gasteiger partial charge in [-0.3, -0.25) is 9.69 Å². The first-order chi connectivity index (χ1) is 16.7. The van der Waals surface area contributed by atoms with E-state index in [1.807, 2.05) is 45.9 Å². The number of benzene rings is 1. The van der Waals surface area contributed by atoms with Crippen molar-refractivity contribution >= 4 is 33.3 Å². The van der Waals surface area contributed by atoms with Gasteiger partial charge in [0.1, 0.15) is 16.5 Å². The lowest BCUT2D eigenvalue weighted by atomic mass is 10.0. The average Bonchev–Trinajstić information content (AvgIpc) is 3.08. The number of fused-ring (bicyclic) bond motifs is 1. The zero-order valence-electron chi connectivity index (χ0n) is 21.5. The Labute approximate surface area is 211 Å². The van der Waals surface area contributed by atoms with Crippen molar-refractivity contribution in [3.8, 4) is 22.6 Å². The van der Waals surface area contributed by atoms with Crippen LogP contribution in [-0.2, 0) is 4.79 Å². The van der Waals surface area contributed by atoms with Crippen LogP contribution in [0.4, 0.5) is 5.82 Å². The normalized spacial score (nSPS) is 15.2. The molecule has 0 saturated carbocycles. The van der Waals surface area contributed by atoms with Crippen molar-refractivity contribution in [1.29, 1.82) is 0 Å². The van der Waals surface area contributed by atoms with Crippen LogP contribution in [0.1, 0.15) is 33.0 Å². The molecule has 35 heavy (non-hydrogen) atoms. The number of amides is 1. The smallest absolute Gasteiger partial charge is 0.234 e. The molecule has 0 bridgehead atoms. The minimum Gasteiger partial charge on any atom is -0.493 e. The van der Waals surface area contributed by atoms with Crippen LogP contribution in [0.2, 0.25) is 0 Å². The zero-order chi connectivity index (χ0) is 25.2. The van der Waals surface area contributed by atoms with E-state index in [0.29, 0.717) is 18.0 Å². The summed E-state index contributed by atoms with van der Waals surface area (Å²) < 4.78 is 11.0. The molecule has 1 saturated heterocycles. The fourth-order valence-corrected chi connectivity index (χ4v) is 5.46. The van der Waals surface area contributed by atoms with Crippen LogP contribution in [0, 0.1) is 6.92 Å². The minimum atomic E-state index is -0.224. The van der Waals surface area contributed by atoms with Gasteiger partial charge >= 0.3 is 0 Å². The molecule has 1 aliphatic rings. The maximum absolute atomic E-state index is 12.5. The summed E-state index contributed by atoms with van der Waals surface area (Å²) in [7, 11) is 3.29. The standard InChI is InChI=1S/C26H35N5O3S/c1-17-27-24(31-11-7-10-30(12-13-31)15-22(32)29-26(2,3)4)23-19(16-35-25(23)28-17)18-8-9-20(33-5)21(14-18)34-6/h8-9,14,16H,7,10-13,15H2,1-6H3,(H,29,32). The Morgan fingerprint density at radius 2 is 1.86 bits per heavy atom. The van der Waals surface area contributed by atoms with Gasteiger partial charge in [-0.05, 0) is 51.8 Å². The van der Waals surface area contributed by atoms with Gasteiger partial charge in [-0.25, -0.2) is 9.97 Å². The second-order valence-electron chi connectivity index (χ2n) is 9.91. The highest BCUT2D eigenvalue weighted by Crippen LogP contribution is 2.41. The first kappa shape index (κ1) is 25.2. The molecule has 3 heterocycles. The third-order valence-electron chi connectivity index (χ3n) is 5.99. The number of nitrogens with one attached hydrogen (secondary N) is 1. The van der Waals surface area contributed by atoms with E-state index in [0.717, 1.165) is 65.6 Å². The number of aryl methyl sites for hydroxylation is 1. The fraction of sp³-hybridized carbons (Fsp3) is 0.500. The van der Waals surface area contributed by atoms with Crippen LogP contribution in [0.5, 0.6) is 11.5 Å². The van der Waals surface area contributed by atoms with Crippen LogP contribution in [0.3, 0.4) is 0 Å². The van der Waals surface area contributed by atoms with Crippen molar-refractivity contribution in [3.05, 3.63) is 29.4 Å². The number of thiophene rings is 1. The Morgan fingerprint density at radius 1 is 1.09 bits per heavy atom. The molecule has 0 spiro atoms. The number of carbonyl (C=O) groups excluding carboxylic acids is 1. The second-order valence-corrected chi connectivity index (χ2v) is 10.8. The van der Waals surface area contributed by atoms with Crippen LogP contribution in [0.15, 0.2) is 23.6 Å². The van der Waals surface area contributed by atoms with Crippen LogP contribution in [0.25, 0.3) is 21.3 Å². The highest BCUT2D eigenvalue weighted by atomic mass is 32.1. The molecule has 1 amide bonds. The van der Waals surface area contributed by atoms with Crippen molar-refractivity contribution in [1.82, 2.24) is 20.2 Å². The van der Waals surface area contributed by atoms with Gasteiger partial charge < -0.3 is 19.7 Å². The lowest BCUT2D eigenvalue weighted by Crippen LogP contribution is -2.46. The Hall–Kier alpha value is -2.91. The summed E-state index contributed by atoms with van der Waals surface area (Å²) in [4.78, 5) is 27.6. The Kier molecular flexibility index (Phi) is 7.47. The summed E-state index contributed by atoms with van der Waals surface area (Å²) in [6.45, 7) is 11.8. The number of methoxy groups -OCH3 is 2. The molecule has 1 N–H and O–H groups in total. The lowest BCUT2D eigenvalue weighted by Gasteiger charge is -2.25. The third-order valence-corrected chi connectivity index (χ3v) is 6.86. The molecule has 2 aromatic heterocycles. The van der Waals surface area contributed by atoms with E-state index < -0.39 is 0 Å². The molecule has 0 atom stereocenters. The first-order valence-corrected chi connectivity index (χ1v) is 12.8. The number of anilines is 1. The van der Waals surface area contributed by atoms with Gasteiger partial charge in [-0.1, -0.05) is 6.07 Å². The van der Waals surface area contributed by atoms with Gasteiger partial charge in [-0.2, -0.15) is 0 Å². The predicted octanol–water partition coefficient (Wildman–Crippen LogP) is 4.11. The SMILES string of the molecule is COc1ccc(-c2csc3nc(C)nc(N4CCCN(CC(=O)NC(C)(C)C)CC4)c23)cc1OC. The highest BCUT2D eigenvalue weighted by molar-refractivity contribution is 7.17. The number of aromatic nitrogens is 2. The Balaban J connectivity index is 1.62. The van der Waals surface area contributed by atoms with Crippen LogP contribution in [-0.4, -0.2) is 73.3 Å². The number of hydrogen-bond acceptors (Lipinski definition) is 8. The molecule has 188 valence electrons. The van der Waals surface area contributed by atoms with Gasteiger partial charge in [-0.15, -0.1) is 11.3 Å². The average molecular weight is 498 g/mol. The van der Waals surface area contributed by atoms with Crippen LogP contribution >= 0.6 is 11.3 Å². The zero-order valence-corrected chi connectivity index (χ0v) is 22.3. The monoisotopic (exact) mass is 497 g/mol. The molecule has 0 radical (unpaired) electrons.